The molecule has 1 aromatic rings. The minimum Gasteiger partial charge on any atom is -0.494 e. The molecule has 1 N–H and O–H groups in total. The van der Waals surface area contributed by atoms with E-state index >= 15 is 0 Å². The summed E-state index contributed by atoms with van der Waals surface area (Å²) in [5.41, 5.74) is 0.883. The summed E-state index contributed by atoms with van der Waals surface area (Å²) in [6, 6.07) is 9.27. The second-order valence-corrected chi connectivity index (χ2v) is 3.49. The average molecular weight is 248 g/mol. The number of nitrogens with zero attached hydrogens (tertiary/aromatic N) is 1. The average Bonchev–Trinajstić information content (AvgIpc) is 2.39. The van der Waals surface area contributed by atoms with Gasteiger partial charge in [-0.3, -0.25) is 0 Å². The maximum atomic E-state index is 11.2. The van der Waals surface area contributed by atoms with Crippen molar-refractivity contribution in [3.63, 3.8) is 0 Å². The number of nitrogens with one attached hydrogen (secondary N) is 1. The Hall–Kier alpha value is -2.22. The summed E-state index contributed by atoms with van der Waals surface area (Å²) in [6.07, 6.45) is -0.239. The van der Waals surface area contributed by atoms with Gasteiger partial charge in [-0.05, 0) is 24.6 Å². The first kappa shape index (κ1) is 13.8. The second kappa shape index (κ2) is 7.96. The van der Waals surface area contributed by atoms with Gasteiger partial charge in [0, 0.05) is 6.54 Å². The lowest BCUT2D eigenvalue weighted by Gasteiger charge is -2.07. The summed E-state index contributed by atoms with van der Waals surface area (Å²) < 4.78 is 10.3. The van der Waals surface area contributed by atoms with E-state index in [0.29, 0.717) is 13.2 Å². The lowest BCUT2D eigenvalue weighted by molar-refractivity contribution is 0.140. The van der Waals surface area contributed by atoms with E-state index in [4.69, 9.17) is 14.7 Å². The van der Waals surface area contributed by atoms with Crippen LogP contribution >= 0.6 is 0 Å². The molecule has 0 atom stereocenters. The number of ether oxygens (including phenoxy) is 2. The van der Waals surface area contributed by atoms with E-state index < -0.39 is 6.09 Å². The molecular weight excluding hydrogens is 232 g/mol. The van der Waals surface area contributed by atoms with E-state index in [-0.39, 0.29) is 13.0 Å². The molecule has 18 heavy (non-hydrogen) atoms. The molecule has 5 nitrogen and oxygen atoms in total. The molecule has 1 amide bonds. The van der Waals surface area contributed by atoms with Crippen molar-refractivity contribution in [3.05, 3.63) is 29.8 Å². The minimum atomic E-state index is -0.515. The first-order valence-corrected chi connectivity index (χ1v) is 5.75. The van der Waals surface area contributed by atoms with Crippen LogP contribution in [0.3, 0.4) is 0 Å². The van der Waals surface area contributed by atoms with Gasteiger partial charge >= 0.3 is 6.09 Å². The van der Waals surface area contributed by atoms with Gasteiger partial charge in [-0.1, -0.05) is 12.1 Å². The van der Waals surface area contributed by atoms with Gasteiger partial charge < -0.3 is 14.8 Å². The van der Waals surface area contributed by atoms with Crippen LogP contribution in [0.2, 0.25) is 0 Å². The SMILES string of the molecule is CCOc1ccc(COC(=O)NCCC#N)cc1. The molecule has 0 unspecified atom stereocenters. The molecule has 1 aromatic carbocycles. The molecule has 0 fully saturated rings. The Balaban J connectivity index is 2.30. The fourth-order valence-corrected chi connectivity index (χ4v) is 1.27. The van der Waals surface area contributed by atoms with Gasteiger partial charge in [0.25, 0.3) is 0 Å². The van der Waals surface area contributed by atoms with Crippen LogP contribution in [-0.4, -0.2) is 19.2 Å². The largest absolute Gasteiger partial charge is 0.494 e. The van der Waals surface area contributed by atoms with Crippen LogP contribution in [-0.2, 0) is 11.3 Å². The quantitative estimate of drug-likeness (QED) is 0.783. The van der Waals surface area contributed by atoms with Gasteiger partial charge in [-0.25, -0.2) is 4.79 Å². The number of hydrogen-bond donors (Lipinski definition) is 1. The normalized spacial score (nSPS) is 9.33. The summed E-state index contributed by atoms with van der Waals surface area (Å²) in [4.78, 5) is 11.2. The number of carbonyl (C=O) groups is 1. The van der Waals surface area contributed by atoms with E-state index in [1.165, 1.54) is 0 Å². The highest BCUT2D eigenvalue weighted by Gasteiger charge is 2.01. The number of carbonyl (C=O) groups excluding carboxylic acids is 1. The highest BCUT2D eigenvalue weighted by atomic mass is 16.5. The molecule has 96 valence electrons. The van der Waals surface area contributed by atoms with Crippen molar-refractivity contribution in [1.82, 2.24) is 5.32 Å². The number of benzene rings is 1. The van der Waals surface area contributed by atoms with Crippen LogP contribution in [0.25, 0.3) is 0 Å². The third-order valence-electron chi connectivity index (χ3n) is 2.11. The second-order valence-electron chi connectivity index (χ2n) is 3.49. The summed E-state index contributed by atoms with van der Waals surface area (Å²) in [7, 11) is 0. The van der Waals surface area contributed by atoms with E-state index in [1.807, 2.05) is 37.3 Å². The number of hydrogen-bond acceptors (Lipinski definition) is 4. The van der Waals surface area contributed by atoms with Crippen molar-refractivity contribution < 1.29 is 14.3 Å². The molecule has 0 bridgehead atoms. The van der Waals surface area contributed by atoms with Crippen molar-refractivity contribution in [2.24, 2.45) is 0 Å². The highest BCUT2D eigenvalue weighted by Crippen LogP contribution is 2.12. The molecule has 0 heterocycles. The Morgan fingerprint density at radius 2 is 2.11 bits per heavy atom. The van der Waals surface area contributed by atoms with Crippen LogP contribution in [0.4, 0.5) is 4.79 Å². The smallest absolute Gasteiger partial charge is 0.407 e. The Bertz CT molecular complexity index is 409. The lowest BCUT2D eigenvalue weighted by Crippen LogP contribution is -2.24. The standard InChI is InChI=1S/C13H16N2O3/c1-2-17-12-6-4-11(5-7-12)10-18-13(16)15-9-3-8-14/h4-7H,2-3,9-10H2,1H3,(H,15,16). The Morgan fingerprint density at radius 3 is 2.72 bits per heavy atom. The number of nitriles is 1. The fourth-order valence-electron chi connectivity index (χ4n) is 1.27. The zero-order chi connectivity index (χ0) is 13.2. The zero-order valence-corrected chi connectivity index (χ0v) is 10.3. The summed E-state index contributed by atoms with van der Waals surface area (Å²) >= 11 is 0. The van der Waals surface area contributed by atoms with Crippen molar-refractivity contribution in [2.75, 3.05) is 13.2 Å². The van der Waals surface area contributed by atoms with Gasteiger partial charge in [-0.2, -0.15) is 5.26 Å². The highest BCUT2D eigenvalue weighted by molar-refractivity contribution is 5.67. The molecule has 0 aliphatic carbocycles. The molecule has 0 radical (unpaired) electrons. The van der Waals surface area contributed by atoms with Crippen molar-refractivity contribution in [3.8, 4) is 11.8 Å². The Kier molecular flexibility index (Phi) is 6.12. The molecule has 1 rings (SSSR count). The first-order valence-electron chi connectivity index (χ1n) is 5.75. The predicted molar refractivity (Wildman–Crippen MR) is 66.0 cm³/mol. The van der Waals surface area contributed by atoms with Crippen LogP contribution in [0, 0.1) is 11.3 Å². The van der Waals surface area contributed by atoms with Gasteiger partial charge in [0.05, 0.1) is 19.1 Å². The summed E-state index contributed by atoms with van der Waals surface area (Å²) in [5.74, 6) is 0.791. The summed E-state index contributed by atoms with van der Waals surface area (Å²) in [5, 5.41) is 10.8. The molecule has 0 saturated heterocycles. The predicted octanol–water partition coefficient (Wildman–Crippen LogP) is 2.23. The minimum absolute atomic E-state index is 0.199. The van der Waals surface area contributed by atoms with Crippen LogP contribution < -0.4 is 10.1 Å². The zero-order valence-electron chi connectivity index (χ0n) is 10.3. The number of rotatable bonds is 6. The van der Waals surface area contributed by atoms with Crippen molar-refractivity contribution >= 4 is 6.09 Å². The molecule has 0 aromatic heterocycles. The third kappa shape index (κ3) is 5.21. The lowest BCUT2D eigenvalue weighted by atomic mass is 10.2. The third-order valence-corrected chi connectivity index (χ3v) is 2.11. The van der Waals surface area contributed by atoms with Gasteiger partial charge in [-0.15, -0.1) is 0 Å². The monoisotopic (exact) mass is 248 g/mol. The molecule has 0 saturated carbocycles. The first-order chi connectivity index (χ1) is 8.76. The topological polar surface area (TPSA) is 71.3 Å². The van der Waals surface area contributed by atoms with Gasteiger partial charge in [0.1, 0.15) is 12.4 Å². The number of amides is 1. The Morgan fingerprint density at radius 1 is 1.39 bits per heavy atom. The van der Waals surface area contributed by atoms with E-state index in [1.54, 1.807) is 0 Å². The van der Waals surface area contributed by atoms with Crippen LogP contribution in [0.15, 0.2) is 24.3 Å². The Labute approximate surface area is 106 Å². The maximum absolute atomic E-state index is 11.2. The fraction of sp³-hybridized carbons (Fsp3) is 0.385. The van der Waals surface area contributed by atoms with Crippen molar-refractivity contribution in [1.29, 1.82) is 5.26 Å². The van der Waals surface area contributed by atoms with Gasteiger partial charge in [0.2, 0.25) is 0 Å². The van der Waals surface area contributed by atoms with Crippen LogP contribution in [0.5, 0.6) is 5.75 Å². The molecule has 0 spiro atoms. The van der Waals surface area contributed by atoms with E-state index in [0.717, 1.165) is 11.3 Å². The molecular formula is C13H16N2O3. The maximum Gasteiger partial charge on any atom is 0.407 e. The summed E-state index contributed by atoms with van der Waals surface area (Å²) in [6.45, 7) is 3.04. The van der Waals surface area contributed by atoms with E-state index in [2.05, 4.69) is 5.32 Å². The van der Waals surface area contributed by atoms with E-state index in [9.17, 15) is 4.79 Å². The molecule has 0 aliphatic heterocycles. The van der Waals surface area contributed by atoms with Crippen molar-refractivity contribution in [2.45, 2.75) is 20.0 Å². The molecule has 5 heteroatoms. The van der Waals surface area contributed by atoms with Crippen LogP contribution in [0.1, 0.15) is 18.9 Å². The molecule has 0 aliphatic rings. The number of alkyl carbamates (subject to hydrolysis) is 1. The van der Waals surface area contributed by atoms with Gasteiger partial charge in [0.15, 0.2) is 0 Å².